The van der Waals surface area contributed by atoms with E-state index >= 15 is 0 Å². The molecule has 0 amide bonds. The number of hydrogen-bond acceptors (Lipinski definition) is 2. The first-order valence-electron chi connectivity index (χ1n) is 6.34. The lowest BCUT2D eigenvalue weighted by Gasteiger charge is -2.14. The average Bonchev–Trinajstić information content (AvgIpc) is 2.67. The van der Waals surface area contributed by atoms with Crippen LogP contribution in [0, 0.1) is 6.92 Å². The van der Waals surface area contributed by atoms with Gasteiger partial charge in [0, 0.05) is 6.04 Å². The van der Waals surface area contributed by atoms with E-state index in [-0.39, 0.29) is 0 Å². The van der Waals surface area contributed by atoms with Crippen LogP contribution in [0.25, 0.3) is 0 Å². The van der Waals surface area contributed by atoms with Gasteiger partial charge in [-0.2, -0.15) is 0 Å². The standard InChI is InChI=1S/C14H22N2/c1-11-4-5-12-6-7-14(13(12)10-11)16-9-3-2-8-15/h4-5,10,14,16H,2-3,6-9,15H2,1H3. The zero-order chi connectivity index (χ0) is 11.4. The second-order valence-electron chi connectivity index (χ2n) is 4.74. The molecule has 1 atom stereocenters. The number of aryl methyl sites for hydroxylation is 2. The lowest BCUT2D eigenvalue weighted by atomic mass is 10.0. The van der Waals surface area contributed by atoms with Crippen molar-refractivity contribution in [3.05, 3.63) is 34.9 Å². The van der Waals surface area contributed by atoms with Gasteiger partial charge in [0.25, 0.3) is 0 Å². The summed E-state index contributed by atoms with van der Waals surface area (Å²) in [6.07, 6.45) is 4.79. The maximum Gasteiger partial charge on any atom is 0.0326 e. The molecule has 0 saturated carbocycles. The van der Waals surface area contributed by atoms with Crippen molar-refractivity contribution in [2.45, 2.75) is 38.6 Å². The molecule has 2 nitrogen and oxygen atoms in total. The largest absolute Gasteiger partial charge is 0.330 e. The van der Waals surface area contributed by atoms with Gasteiger partial charge < -0.3 is 11.1 Å². The van der Waals surface area contributed by atoms with E-state index in [1.54, 1.807) is 0 Å². The summed E-state index contributed by atoms with van der Waals surface area (Å²) in [6.45, 7) is 4.07. The Bertz CT molecular complexity index is 347. The van der Waals surface area contributed by atoms with Gasteiger partial charge >= 0.3 is 0 Å². The predicted molar refractivity (Wildman–Crippen MR) is 68.5 cm³/mol. The average molecular weight is 218 g/mol. The van der Waals surface area contributed by atoms with Crippen molar-refractivity contribution < 1.29 is 0 Å². The molecule has 16 heavy (non-hydrogen) atoms. The Morgan fingerprint density at radius 1 is 1.38 bits per heavy atom. The van der Waals surface area contributed by atoms with Crippen molar-refractivity contribution in [2.75, 3.05) is 13.1 Å². The summed E-state index contributed by atoms with van der Waals surface area (Å²) >= 11 is 0. The van der Waals surface area contributed by atoms with Crippen LogP contribution in [0.1, 0.15) is 42.0 Å². The van der Waals surface area contributed by atoms with Crippen LogP contribution < -0.4 is 11.1 Å². The van der Waals surface area contributed by atoms with Crippen LogP contribution in [0.4, 0.5) is 0 Å². The molecular formula is C14H22N2. The number of rotatable bonds is 5. The fourth-order valence-corrected chi connectivity index (χ4v) is 2.48. The summed E-state index contributed by atoms with van der Waals surface area (Å²) in [7, 11) is 0. The molecule has 0 bridgehead atoms. The minimum absolute atomic E-state index is 0.577. The van der Waals surface area contributed by atoms with Crippen LogP contribution in [-0.2, 0) is 6.42 Å². The van der Waals surface area contributed by atoms with Gasteiger partial charge in [0.05, 0.1) is 0 Å². The molecule has 1 unspecified atom stereocenters. The lowest BCUT2D eigenvalue weighted by Crippen LogP contribution is -2.21. The summed E-state index contributed by atoms with van der Waals surface area (Å²) in [6, 6.07) is 7.41. The number of hydrogen-bond donors (Lipinski definition) is 2. The molecule has 1 aliphatic carbocycles. The van der Waals surface area contributed by atoms with Gasteiger partial charge in [-0.1, -0.05) is 23.8 Å². The van der Waals surface area contributed by atoms with Gasteiger partial charge in [0.2, 0.25) is 0 Å². The minimum atomic E-state index is 0.577. The number of unbranched alkanes of at least 4 members (excludes halogenated alkanes) is 1. The fourth-order valence-electron chi connectivity index (χ4n) is 2.48. The summed E-state index contributed by atoms with van der Waals surface area (Å²) < 4.78 is 0. The first-order chi connectivity index (χ1) is 7.81. The quantitative estimate of drug-likeness (QED) is 0.744. The van der Waals surface area contributed by atoms with Crippen LogP contribution in [0.5, 0.6) is 0 Å². The first-order valence-corrected chi connectivity index (χ1v) is 6.34. The van der Waals surface area contributed by atoms with Crippen molar-refractivity contribution in [3.63, 3.8) is 0 Å². The molecule has 1 aromatic carbocycles. The normalized spacial score (nSPS) is 18.8. The number of fused-ring (bicyclic) bond motifs is 1. The Balaban J connectivity index is 1.92. The summed E-state index contributed by atoms with van der Waals surface area (Å²) in [5.74, 6) is 0. The molecule has 0 aromatic heterocycles. The Hall–Kier alpha value is -0.860. The topological polar surface area (TPSA) is 38.0 Å². The van der Waals surface area contributed by atoms with Crippen molar-refractivity contribution in [1.29, 1.82) is 0 Å². The van der Waals surface area contributed by atoms with Gasteiger partial charge in [-0.15, -0.1) is 0 Å². The smallest absolute Gasteiger partial charge is 0.0326 e. The van der Waals surface area contributed by atoms with Crippen LogP contribution in [-0.4, -0.2) is 13.1 Å². The molecule has 0 aliphatic heterocycles. The van der Waals surface area contributed by atoms with E-state index in [0.717, 1.165) is 19.5 Å². The van der Waals surface area contributed by atoms with Crippen molar-refractivity contribution in [1.82, 2.24) is 5.32 Å². The molecule has 2 heteroatoms. The maximum atomic E-state index is 5.49. The van der Waals surface area contributed by atoms with Crippen molar-refractivity contribution in [2.24, 2.45) is 5.73 Å². The zero-order valence-electron chi connectivity index (χ0n) is 10.1. The van der Waals surface area contributed by atoms with E-state index in [4.69, 9.17) is 5.73 Å². The van der Waals surface area contributed by atoms with Gasteiger partial charge in [0.15, 0.2) is 0 Å². The highest BCUT2D eigenvalue weighted by molar-refractivity contribution is 5.37. The summed E-state index contributed by atoms with van der Waals surface area (Å²) in [5, 5.41) is 3.64. The Kier molecular flexibility index (Phi) is 3.97. The van der Waals surface area contributed by atoms with Gasteiger partial charge in [-0.05, 0) is 56.8 Å². The highest BCUT2D eigenvalue weighted by atomic mass is 14.9. The number of nitrogens with one attached hydrogen (secondary N) is 1. The fraction of sp³-hybridized carbons (Fsp3) is 0.571. The minimum Gasteiger partial charge on any atom is -0.330 e. The Morgan fingerprint density at radius 3 is 3.06 bits per heavy atom. The summed E-state index contributed by atoms with van der Waals surface area (Å²) in [4.78, 5) is 0. The van der Waals surface area contributed by atoms with E-state index in [9.17, 15) is 0 Å². The SMILES string of the molecule is Cc1ccc2c(c1)C(NCCCCN)CC2. The van der Waals surface area contributed by atoms with E-state index in [1.807, 2.05) is 0 Å². The van der Waals surface area contributed by atoms with E-state index in [0.29, 0.717) is 6.04 Å². The molecule has 0 saturated heterocycles. The van der Waals surface area contributed by atoms with Crippen LogP contribution >= 0.6 is 0 Å². The molecule has 0 heterocycles. The number of nitrogens with two attached hydrogens (primary N) is 1. The second-order valence-corrected chi connectivity index (χ2v) is 4.74. The number of benzene rings is 1. The maximum absolute atomic E-state index is 5.49. The van der Waals surface area contributed by atoms with Crippen molar-refractivity contribution in [3.8, 4) is 0 Å². The van der Waals surface area contributed by atoms with Gasteiger partial charge in [0.1, 0.15) is 0 Å². The predicted octanol–water partition coefficient (Wildman–Crippen LogP) is 2.31. The molecule has 3 N–H and O–H groups in total. The monoisotopic (exact) mass is 218 g/mol. The first kappa shape index (κ1) is 11.6. The van der Waals surface area contributed by atoms with Gasteiger partial charge in [-0.25, -0.2) is 0 Å². The third kappa shape index (κ3) is 2.63. The third-order valence-corrected chi connectivity index (χ3v) is 3.40. The molecule has 2 rings (SSSR count). The Labute approximate surface area is 98.2 Å². The summed E-state index contributed by atoms with van der Waals surface area (Å²) in [5.41, 5.74) is 9.91. The molecule has 0 fully saturated rings. The van der Waals surface area contributed by atoms with E-state index in [1.165, 1.54) is 36.0 Å². The molecule has 0 radical (unpaired) electrons. The molecule has 1 aliphatic rings. The van der Waals surface area contributed by atoms with E-state index < -0.39 is 0 Å². The van der Waals surface area contributed by atoms with Crippen LogP contribution in [0.15, 0.2) is 18.2 Å². The highest BCUT2D eigenvalue weighted by Crippen LogP contribution is 2.31. The molecular weight excluding hydrogens is 196 g/mol. The van der Waals surface area contributed by atoms with E-state index in [2.05, 4.69) is 30.4 Å². The zero-order valence-corrected chi connectivity index (χ0v) is 10.1. The van der Waals surface area contributed by atoms with Crippen LogP contribution in [0.2, 0.25) is 0 Å². The van der Waals surface area contributed by atoms with Gasteiger partial charge in [-0.3, -0.25) is 0 Å². The molecule has 0 spiro atoms. The molecule has 88 valence electrons. The second kappa shape index (κ2) is 5.46. The highest BCUT2D eigenvalue weighted by Gasteiger charge is 2.21. The van der Waals surface area contributed by atoms with Crippen molar-refractivity contribution >= 4 is 0 Å². The lowest BCUT2D eigenvalue weighted by molar-refractivity contribution is 0.514. The third-order valence-electron chi connectivity index (χ3n) is 3.40. The molecule has 1 aromatic rings. The Morgan fingerprint density at radius 2 is 2.25 bits per heavy atom. The van der Waals surface area contributed by atoms with Crippen LogP contribution in [0.3, 0.4) is 0 Å².